The summed E-state index contributed by atoms with van der Waals surface area (Å²) in [5, 5.41) is 28.8. The summed E-state index contributed by atoms with van der Waals surface area (Å²) >= 11 is 0. The van der Waals surface area contributed by atoms with E-state index >= 15 is 0 Å². The molecule has 3 N–H and O–H groups in total. The number of fused-ring (bicyclic) bond motifs is 15. The minimum Gasteiger partial charge on any atom is -0.389 e. The van der Waals surface area contributed by atoms with Crippen molar-refractivity contribution in [1.82, 2.24) is 0 Å². The summed E-state index contributed by atoms with van der Waals surface area (Å²) in [7, 11) is 0. The lowest BCUT2D eigenvalue weighted by Gasteiger charge is -2.22. The van der Waals surface area contributed by atoms with E-state index in [1.54, 1.807) is 0 Å². The summed E-state index contributed by atoms with van der Waals surface area (Å²) in [6.45, 7) is 0. The molecule has 0 aromatic rings. The van der Waals surface area contributed by atoms with E-state index in [2.05, 4.69) is 54.7 Å². The van der Waals surface area contributed by atoms with Crippen molar-refractivity contribution in [3.63, 3.8) is 0 Å². The van der Waals surface area contributed by atoms with Gasteiger partial charge in [-0.1, -0.05) is 72.9 Å². The number of hydrogen-bond acceptors (Lipinski definition) is 3. The van der Waals surface area contributed by atoms with Crippen LogP contribution in [0.1, 0.15) is 19.3 Å². The van der Waals surface area contributed by atoms with Crippen LogP contribution in [0.25, 0.3) is 0 Å². The van der Waals surface area contributed by atoms with E-state index in [-0.39, 0.29) is 18.3 Å². The maximum atomic E-state index is 9.60. The van der Waals surface area contributed by atoms with Crippen LogP contribution in [0.4, 0.5) is 0 Å². The standard InChI is InChI=1S/3C10H12O/c3*11-9-4-3-8-6-1-2-7(5-6)10(8)9/h3*1-4,6-11H,5H2/t6-,7+,8-,9+,10+;2*6-,7+,8-,9-,10+/m100/s1. The molecule has 3 heteroatoms. The Morgan fingerprint density at radius 3 is 0.879 bits per heavy atom. The summed E-state index contributed by atoms with van der Waals surface area (Å²) in [4.78, 5) is 0. The highest BCUT2D eigenvalue weighted by atomic mass is 16.3. The van der Waals surface area contributed by atoms with Crippen molar-refractivity contribution in [3.05, 3.63) is 72.9 Å². The average Bonchev–Trinajstić information content (AvgIpc) is 3.65. The SMILES string of the molecule is O[C@H]1C=C[C@@H]2[C@H]1[C@@H]1C=C[C@H]2C1.O[C@H]1C=C[C@@H]2[C@H]1[C@@H]1C=C[C@H]2C1.O[C@H]1C=C[C@H]2[C@@H]1[C@H]1C=C[C@@H]2C1. The zero-order chi connectivity index (χ0) is 22.3. The molecular formula is C30H36O3. The summed E-state index contributed by atoms with van der Waals surface area (Å²) < 4.78 is 0. The Kier molecular flexibility index (Phi) is 4.80. The molecule has 0 aromatic heterocycles. The molecular weight excluding hydrogens is 408 g/mol. The van der Waals surface area contributed by atoms with Gasteiger partial charge in [-0.2, -0.15) is 0 Å². The third-order valence-corrected chi connectivity index (χ3v) is 10.5. The van der Waals surface area contributed by atoms with Crippen LogP contribution in [-0.4, -0.2) is 33.6 Å². The van der Waals surface area contributed by atoms with Gasteiger partial charge < -0.3 is 15.3 Å². The number of aliphatic hydroxyl groups excluding tert-OH is 3. The smallest absolute Gasteiger partial charge is 0.0760 e. The lowest BCUT2D eigenvalue weighted by Crippen LogP contribution is -2.23. The highest BCUT2D eigenvalue weighted by Crippen LogP contribution is 2.54. The molecule has 0 radical (unpaired) electrons. The molecule has 3 saturated carbocycles. The Morgan fingerprint density at radius 1 is 0.333 bits per heavy atom. The second kappa shape index (κ2) is 7.66. The van der Waals surface area contributed by atoms with Crippen molar-refractivity contribution in [2.45, 2.75) is 37.6 Å². The summed E-state index contributed by atoms with van der Waals surface area (Å²) in [6.07, 6.45) is 29.8. The first-order valence-corrected chi connectivity index (χ1v) is 13.2. The van der Waals surface area contributed by atoms with Gasteiger partial charge in [0.15, 0.2) is 0 Å². The van der Waals surface area contributed by atoms with Crippen molar-refractivity contribution < 1.29 is 15.3 Å². The van der Waals surface area contributed by atoms with Crippen LogP contribution in [-0.2, 0) is 0 Å². The van der Waals surface area contributed by atoms with Gasteiger partial charge in [-0.05, 0) is 72.5 Å². The topological polar surface area (TPSA) is 60.7 Å². The van der Waals surface area contributed by atoms with Gasteiger partial charge in [0.1, 0.15) is 0 Å². The molecule has 3 nitrogen and oxygen atoms in total. The molecule has 0 unspecified atom stereocenters. The molecule has 0 spiro atoms. The molecule has 33 heavy (non-hydrogen) atoms. The van der Waals surface area contributed by atoms with Crippen LogP contribution in [0.3, 0.4) is 0 Å². The fourth-order valence-corrected chi connectivity index (χ4v) is 9.06. The third-order valence-electron chi connectivity index (χ3n) is 10.5. The van der Waals surface area contributed by atoms with Gasteiger partial charge >= 0.3 is 0 Å². The van der Waals surface area contributed by atoms with Gasteiger partial charge in [0.25, 0.3) is 0 Å². The van der Waals surface area contributed by atoms with Crippen LogP contribution in [0.2, 0.25) is 0 Å². The minimum absolute atomic E-state index is 0.153. The first-order chi connectivity index (χ1) is 16.1. The van der Waals surface area contributed by atoms with E-state index in [1.807, 2.05) is 18.2 Å². The maximum Gasteiger partial charge on any atom is 0.0760 e. The first kappa shape index (κ1) is 20.7. The summed E-state index contributed by atoms with van der Waals surface area (Å²) in [6, 6.07) is 0. The van der Waals surface area contributed by atoms with E-state index < -0.39 is 0 Å². The van der Waals surface area contributed by atoms with E-state index in [0.717, 1.165) is 17.8 Å². The fourth-order valence-electron chi connectivity index (χ4n) is 9.06. The van der Waals surface area contributed by atoms with Crippen LogP contribution in [0.15, 0.2) is 72.9 Å². The molecule has 9 aliphatic carbocycles. The number of hydrogen-bond donors (Lipinski definition) is 3. The third kappa shape index (κ3) is 3.12. The average molecular weight is 445 g/mol. The first-order valence-electron chi connectivity index (χ1n) is 13.2. The molecule has 15 atom stereocenters. The van der Waals surface area contributed by atoms with Gasteiger partial charge in [-0.25, -0.2) is 0 Å². The molecule has 0 heterocycles. The molecule has 0 amide bonds. The second-order valence-electron chi connectivity index (χ2n) is 11.9. The molecule has 174 valence electrons. The van der Waals surface area contributed by atoms with E-state index in [9.17, 15) is 15.3 Å². The van der Waals surface area contributed by atoms with E-state index in [1.165, 1.54) is 19.3 Å². The second-order valence-corrected chi connectivity index (χ2v) is 11.9. The van der Waals surface area contributed by atoms with Gasteiger partial charge in [0, 0.05) is 17.8 Å². The maximum absolute atomic E-state index is 9.60. The van der Waals surface area contributed by atoms with Crippen molar-refractivity contribution in [2.75, 3.05) is 0 Å². The lowest BCUT2D eigenvalue weighted by atomic mass is 9.84. The Hall–Kier alpha value is -1.68. The largest absolute Gasteiger partial charge is 0.389 e. The number of allylic oxidation sites excluding steroid dienone is 9. The van der Waals surface area contributed by atoms with Crippen LogP contribution >= 0.6 is 0 Å². The molecule has 3 fully saturated rings. The molecule has 0 saturated heterocycles. The van der Waals surface area contributed by atoms with Crippen LogP contribution < -0.4 is 0 Å². The fraction of sp³-hybridized carbons (Fsp3) is 0.600. The minimum atomic E-state index is -0.153. The van der Waals surface area contributed by atoms with Crippen LogP contribution in [0, 0.1) is 71.0 Å². The highest BCUT2D eigenvalue weighted by Gasteiger charge is 2.50. The van der Waals surface area contributed by atoms with Gasteiger partial charge in [0.2, 0.25) is 0 Å². The zero-order valence-electron chi connectivity index (χ0n) is 19.1. The van der Waals surface area contributed by atoms with Gasteiger partial charge in [0.05, 0.1) is 18.3 Å². The normalized spacial score (nSPS) is 57.4. The molecule has 6 bridgehead atoms. The summed E-state index contributed by atoms with van der Waals surface area (Å²) in [5.41, 5.74) is 0. The number of rotatable bonds is 0. The van der Waals surface area contributed by atoms with Crippen molar-refractivity contribution in [1.29, 1.82) is 0 Å². The van der Waals surface area contributed by atoms with Crippen molar-refractivity contribution in [2.24, 2.45) is 71.0 Å². The Bertz CT molecular complexity index is 847. The monoisotopic (exact) mass is 444 g/mol. The zero-order valence-corrected chi connectivity index (χ0v) is 19.1. The Morgan fingerprint density at radius 2 is 0.606 bits per heavy atom. The summed E-state index contributed by atoms with van der Waals surface area (Å²) in [5.74, 6) is 7.87. The molecule has 0 aliphatic heterocycles. The molecule has 9 rings (SSSR count). The van der Waals surface area contributed by atoms with Crippen molar-refractivity contribution >= 4 is 0 Å². The molecule has 9 aliphatic rings. The highest BCUT2D eigenvalue weighted by molar-refractivity contribution is 5.26. The number of aliphatic hydroxyl groups is 3. The Labute approximate surface area is 197 Å². The quantitative estimate of drug-likeness (QED) is 0.494. The predicted molar refractivity (Wildman–Crippen MR) is 129 cm³/mol. The van der Waals surface area contributed by atoms with Crippen molar-refractivity contribution in [3.8, 4) is 0 Å². The van der Waals surface area contributed by atoms with E-state index in [0.29, 0.717) is 53.3 Å². The lowest BCUT2D eigenvalue weighted by molar-refractivity contribution is 0.132. The predicted octanol–water partition coefficient (Wildman–Crippen LogP) is 4.07. The van der Waals surface area contributed by atoms with Crippen LogP contribution in [0.5, 0.6) is 0 Å². The molecule has 0 aromatic carbocycles. The van der Waals surface area contributed by atoms with Gasteiger partial charge in [-0.3, -0.25) is 0 Å². The van der Waals surface area contributed by atoms with E-state index in [4.69, 9.17) is 0 Å². The Balaban J connectivity index is 0.0000000864. The van der Waals surface area contributed by atoms with Gasteiger partial charge in [-0.15, -0.1) is 0 Å².